The smallest absolute Gasteiger partial charge is 0.0482 e. The normalized spacial score (nSPS) is 10.9. The fourth-order valence-corrected chi connectivity index (χ4v) is 8.13. The van der Waals surface area contributed by atoms with Gasteiger partial charge in [0.05, 0.1) is 0 Å². The number of rotatable bonds is 14. The SMILES string of the molecule is CCc1ccc(N(c2ccccc2)c2ccc(N(c3ccccc3)c3cccc(N(c4ccccc4)c4ccc(N(c5ccccc5)c5ccc(CC)cc5)cc4)c3)cc2)cc1. The first-order chi connectivity index (χ1) is 30.7. The van der Waals surface area contributed by atoms with Crippen LogP contribution in [0.1, 0.15) is 25.0 Å². The zero-order valence-corrected chi connectivity index (χ0v) is 35.3. The van der Waals surface area contributed by atoms with Crippen molar-refractivity contribution >= 4 is 68.2 Å². The molecule has 4 heteroatoms. The van der Waals surface area contributed by atoms with E-state index in [2.05, 4.69) is 276 Å². The summed E-state index contributed by atoms with van der Waals surface area (Å²) in [6.07, 6.45) is 2.02. The van der Waals surface area contributed by atoms with Crippen molar-refractivity contribution in [2.24, 2.45) is 0 Å². The van der Waals surface area contributed by atoms with Crippen molar-refractivity contribution < 1.29 is 0 Å². The van der Waals surface area contributed by atoms with Gasteiger partial charge in [-0.25, -0.2) is 0 Å². The number of hydrogen-bond acceptors (Lipinski definition) is 4. The van der Waals surface area contributed by atoms with E-state index in [-0.39, 0.29) is 0 Å². The van der Waals surface area contributed by atoms with E-state index in [1.807, 2.05) is 0 Å². The van der Waals surface area contributed by atoms with Gasteiger partial charge in [-0.1, -0.05) is 117 Å². The summed E-state index contributed by atoms with van der Waals surface area (Å²) in [5.41, 5.74) is 15.7. The van der Waals surface area contributed by atoms with Crippen molar-refractivity contribution in [1.29, 1.82) is 0 Å². The fraction of sp³-hybridized carbons (Fsp3) is 0.0690. The maximum Gasteiger partial charge on any atom is 0.0482 e. The Morgan fingerprint density at radius 2 is 0.403 bits per heavy atom. The predicted molar refractivity (Wildman–Crippen MR) is 264 cm³/mol. The molecule has 0 atom stereocenters. The summed E-state index contributed by atoms with van der Waals surface area (Å²) in [5.74, 6) is 0. The first-order valence-electron chi connectivity index (χ1n) is 21.6. The van der Waals surface area contributed by atoms with Crippen molar-refractivity contribution in [3.63, 3.8) is 0 Å². The first-order valence-corrected chi connectivity index (χ1v) is 21.6. The lowest BCUT2D eigenvalue weighted by molar-refractivity contribution is 1.14. The molecule has 0 unspecified atom stereocenters. The Hall–Kier alpha value is -7.82. The van der Waals surface area contributed by atoms with Gasteiger partial charge in [0.1, 0.15) is 0 Å². The van der Waals surface area contributed by atoms with Crippen LogP contribution in [-0.4, -0.2) is 0 Å². The van der Waals surface area contributed by atoms with Gasteiger partial charge in [-0.05, 0) is 163 Å². The van der Waals surface area contributed by atoms with Crippen LogP contribution in [0.2, 0.25) is 0 Å². The predicted octanol–water partition coefficient (Wildman–Crippen LogP) is 16.7. The maximum atomic E-state index is 2.34. The van der Waals surface area contributed by atoms with Gasteiger partial charge < -0.3 is 19.6 Å². The molecular formula is C58H50N4. The number of para-hydroxylation sites is 4. The van der Waals surface area contributed by atoms with Crippen LogP contribution in [-0.2, 0) is 12.8 Å². The molecule has 0 N–H and O–H groups in total. The Labute approximate surface area is 366 Å². The average Bonchev–Trinajstić information content (AvgIpc) is 3.35. The molecule has 0 heterocycles. The first kappa shape index (κ1) is 39.6. The van der Waals surface area contributed by atoms with Gasteiger partial charge >= 0.3 is 0 Å². The van der Waals surface area contributed by atoms with Crippen LogP contribution in [0.15, 0.2) is 243 Å². The molecule has 0 radical (unpaired) electrons. The van der Waals surface area contributed by atoms with Crippen LogP contribution < -0.4 is 19.6 Å². The van der Waals surface area contributed by atoms with Crippen LogP contribution in [0.3, 0.4) is 0 Å². The summed E-state index contributed by atoms with van der Waals surface area (Å²) in [4.78, 5) is 9.32. The third-order valence-corrected chi connectivity index (χ3v) is 11.3. The molecular weight excluding hydrogens is 753 g/mol. The van der Waals surface area contributed by atoms with E-state index >= 15 is 0 Å². The highest BCUT2D eigenvalue weighted by Gasteiger charge is 2.20. The molecule has 9 aromatic carbocycles. The quantitative estimate of drug-likeness (QED) is 0.109. The van der Waals surface area contributed by atoms with Crippen molar-refractivity contribution in [2.75, 3.05) is 19.6 Å². The zero-order valence-electron chi connectivity index (χ0n) is 35.3. The van der Waals surface area contributed by atoms with Crippen LogP contribution in [0.5, 0.6) is 0 Å². The summed E-state index contributed by atoms with van der Waals surface area (Å²) in [6, 6.07) is 86.9. The molecule has 4 nitrogen and oxygen atoms in total. The minimum atomic E-state index is 1.01. The average molecular weight is 803 g/mol. The molecule has 0 aliphatic heterocycles. The van der Waals surface area contributed by atoms with Crippen LogP contribution in [0.4, 0.5) is 68.2 Å². The molecule has 0 fully saturated rings. The van der Waals surface area contributed by atoms with Crippen LogP contribution >= 0.6 is 0 Å². The second kappa shape index (κ2) is 18.6. The lowest BCUT2D eigenvalue weighted by Crippen LogP contribution is -2.14. The largest absolute Gasteiger partial charge is 0.311 e. The van der Waals surface area contributed by atoms with E-state index < -0.39 is 0 Å². The number of aryl methyl sites for hydroxylation is 2. The molecule has 0 aliphatic rings. The number of nitrogens with zero attached hydrogens (tertiary/aromatic N) is 4. The Balaban J connectivity index is 1.09. The van der Waals surface area contributed by atoms with Crippen LogP contribution in [0.25, 0.3) is 0 Å². The molecule has 0 amide bonds. The monoisotopic (exact) mass is 802 g/mol. The van der Waals surface area contributed by atoms with Crippen molar-refractivity contribution in [3.05, 3.63) is 254 Å². The molecule has 0 saturated heterocycles. The molecule has 302 valence electrons. The Morgan fingerprint density at radius 3 is 0.645 bits per heavy atom. The van der Waals surface area contributed by atoms with Gasteiger partial charge in [0.15, 0.2) is 0 Å². The molecule has 9 aromatic rings. The summed E-state index contributed by atoms with van der Waals surface area (Å²) in [7, 11) is 0. The standard InChI is InChI=1S/C58H50N4/c1-3-45-28-32-51(33-29-45)59(47-18-9-5-10-19-47)53-36-40-55(41-37-53)61(49-22-13-7-14-23-49)57-26-17-27-58(44-57)62(50-24-15-8-16-25-50)56-42-38-54(39-43-56)60(48-20-11-6-12-21-48)52-34-30-46(4-2)31-35-52/h5-44H,3-4H2,1-2H3. The number of benzene rings is 9. The lowest BCUT2D eigenvalue weighted by Gasteiger charge is -2.30. The zero-order chi connectivity index (χ0) is 42.1. The van der Waals surface area contributed by atoms with E-state index in [0.29, 0.717) is 0 Å². The Kier molecular flexibility index (Phi) is 11.9. The van der Waals surface area contributed by atoms with E-state index in [4.69, 9.17) is 0 Å². The third-order valence-electron chi connectivity index (χ3n) is 11.3. The van der Waals surface area contributed by atoms with Gasteiger partial charge in [0.25, 0.3) is 0 Å². The highest BCUT2D eigenvalue weighted by atomic mass is 15.2. The molecule has 0 bridgehead atoms. The molecule has 0 saturated carbocycles. The second-order valence-corrected chi connectivity index (χ2v) is 15.3. The third kappa shape index (κ3) is 8.58. The molecule has 9 rings (SSSR count). The van der Waals surface area contributed by atoms with Crippen molar-refractivity contribution in [2.45, 2.75) is 26.7 Å². The maximum absolute atomic E-state index is 2.34. The minimum absolute atomic E-state index is 1.01. The van der Waals surface area contributed by atoms with Crippen molar-refractivity contribution in [1.82, 2.24) is 0 Å². The summed E-state index contributed by atoms with van der Waals surface area (Å²) in [5, 5.41) is 0. The summed E-state index contributed by atoms with van der Waals surface area (Å²) in [6.45, 7) is 4.39. The second-order valence-electron chi connectivity index (χ2n) is 15.3. The van der Waals surface area contributed by atoms with Crippen LogP contribution in [0, 0.1) is 0 Å². The van der Waals surface area contributed by atoms with Gasteiger partial charge in [0.2, 0.25) is 0 Å². The molecule has 62 heavy (non-hydrogen) atoms. The molecule has 0 spiro atoms. The van der Waals surface area contributed by atoms with E-state index in [0.717, 1.165) is 81.1 Å². The van der Waals surface area contributed by atoms with E-state index in [9.17, 15) is 0 Å². The lowest BCUT2D eigenvalue weighted by atomic mass is 10.1. The molecule has 0 aromatic heterocycles. The van der Waals surface area contributed by atoms with E-state index in [1.165, 1.54) is 11.1 Å². The number of hydrogen-bond donors (Lipinski definition) is 0. The topological polar surface area (TPSA) is 13.0 Å². The minimum Gasteiger partial charge on any atom is -0.311 e. The van der Waals surface area contributed by atoms with Gasteiger partial charge in [-0.2, -0.15) is 0 Å². The van der Waals surface area contributed by atoms with Crippen molar-refractivity contribution in [3.8, 4) is 0 Å². The Bertz CT molecular complexity index is 2580. The highest BCUT2D eigenvalue weighted by Crippen LogP contribution is 2.43. The van der Waals surface area contributed by atoms with E-state index in [1.54, 1.807) is 0 Å². The summed E-state index contributed by atoms with van der Waals surface area (Å²) < 4.78 is 0. The Morgan fingerprint density at radius 1 is 0.210 bits per heavy atom. The fourth-order valence-electron chi connectivity index (χ4n) is 8.13. The highest BCUT2D eigenvalue weighted by molar-refractivity contribution is 5.86. The van der Waals surface area contributed by atoms with Gasteiger partial charge in [-0.3, -0.25) is 0 Å². The van der Waals surface area contributed by atoms with Gasteiger partial charge in [0, 0.05) is 68.2 Å². The molecule has 0 aliphatic carbocycles. The van der Waals surface area contributed by atoms with Gasteiger partial charge in [-0.15, -0.1) is 0 Å². The summed E-state index contributed by atoms with van der Waals surface area (Å²) >= 11 is 0. The number of anilines is 12.